The first kappa shape index (κ1) is 17.0. The summed E-state index contributed by atoms with van der Waals surface area (Å²) in [6.45, 7) is 0.553. The molecule has 0 saturated carbocycles. The van der Waals surface area contributed by atoms with Gasteiger partial charge in [-0.05, 0) is 49.2 Å². The van der Waals surface area contributed by atoms with Gasteiger partial charge in [0.25, 0.3) is 5.91 Å². The van der Waals surface area contributed by atoms with Gasteiger partial charge < -0.3 is 15.4 Å². The van der Waals surface area contributed by atoms with Gasteiger partial charge in [-0.15, -0.1) is 0 Å². The number of hydrogen-bond acceptors (Lipinski definition) is 3. The normalized spacial score (nSPS) is 11.8. The van der Waals surface area contributed by atoms with E-state index in [1.807, 2.05) is 25.2 Å². The van der Waals surface area contributed by atoms with Crippen LogP contribution in [0.5, 0.6) is 5.75 Å². The summed E-state index contributed by atoms with van der Waals surface area (Å²) < 4.78 is 5.13. The molecule has 2 rings (SSSR count). The first-order valence-corrected chi connectivity index (χ1v) is 7.81. The lowest BCUT2D eigenvalue weighted by atomic mass is 10.0. The summed E-state index contributed by atoms with van der Waals surface area (Å²) >= 11 is 0. The van der Waals surface area contributed by atoms with Crippen LogP contribution in [0.25, 0.3) is 0 Å². The van der Waals surface area contributed by atoms with Gasteiger partial charge >= 0.3 is 0 Å². The minimum Gasteiger partial charge on any atom is -0.497 e. The van der Waals surface area contributed by atoms with Crippen molar-refractivity contribution in [1.82, 2.24) is 4.90 Å². The van der Waals surface area contributed by atoms with Crippen LogP contribution in [-0.4, -0.2) is 37.6 Å². The summed E-state index contributed by atoms with van der Waals surface area (Å²) in [5.74, 6) is 0.744. The van der Waals surface area contributed by atoms with E-state index in [0.717, 1.165) is 18.6 Å². The molecule has 2 aromatic carbocycles. The molecule has 0 aliphatic carbocycles. The number of nitrogens with two attached hydrogens (primary N) is 1. The van der Waals surface area contributed by atoms with E-state index in [9.17, 15) is 4.79 Å². The molecule has 2 aromatic rings. The van der Waals surface area contributed by atoms with Crippen LogP contribution >= 0.6 is 0 Å². The van der Waals surface area contributed by atoms with Crippen molar-refractivity contribution in [1.29, 1.82) is 0 Å². The van der Waals surface area contributed by atoms with Gasteiger partial charge in [-0.2, -0.15) is 0 Å². The summed E-state index contributed by atoms with van der Waals surface area (Å²) in [6, 6.07) is 17.4. The zero-order valence-corrected chi connectivity index (χ0v) is 13.7. The monoisotopic (exact) mass is 312 g/mol. The van der Waals surface area contributed by atoms with E-state index in [4.69, 9.17) is 10.5 Å². The molecule has 0 heterocycles. The fraction of sp³-hybridized carbons (Fsp3) is 0.316. The fourth-order valence-corrected chi connectivity index (χ4v) is 2.61. The molecule has 4 heteroatoms. The van der Waals surface area contributed by atoms with Gasteiger partial charge in [0.15, 0.2) is 0 Å². The van der Waals surface area contributed by atoms with E-state index in [1.54, 1.807) is 36.3 Å². The molecule has 1 amide bonds. The van der Waals surface area contributed by atoms with Crippen molar-refractivity contribution >= 4 is 5.91 Å². The summed E-state index contributed by atoms with van der Waals surface area (Å²) in [4.78, 5) is 14.5. The van der Waals surface area contributed by atoms with Crippen LogP contribution in [0.1, 0.15) is 22.3 Å². The topological polar surface area (TPSA) is 55.6 Å². The number of carbonyl (C=O) groups is 1. The van der Waals surface area contributed by atoms with Crippen LogP contribution < -0.4 is 10.5 Å². The number of ether oxygens (including phenoxy) is 1. The third kappa shape index (κ3) is 4.57. The van der Waals surface area contributed by atoms with Crippen molar-refractivity contribution in [2.75, 3.05) is 20.7 Å². The average molecular weight is 312 g/mol. The zero-order valence-electron chi connectivity index (χ0n) is 13.7. The quantitative estimate of drug-likeness (QED) is 0.855. The van der Waals surface area contributed by atoms with Crippen LogP contribution in [0.15, 0.2) is 54.6 Å². The first-order valence-electron chi connectivity index (χ1n) is 7.81. The minimum absolute atomic E-state index is 0.00188. The number of benzene rings is 2. The first-order chi connectivity index (χ1) is 11.2. The van der Waals surface area contributed by atoms with Crippen molar-refractivity contribution in [3.63, 3.8) is 0 Å². The van der Waals surface area contributed by atoms with E-state index in [2.05, 4.69) is 12.1 Å². The van der Waals surface area contributed by atoms with Crippen LogP contribution in [0.2, 0.25) is 0 Å². The molecule has 4 nitrogen and oxygen atoms in total. The predicted molar refractivity (Wildman–Crippen MR) is 92.7 cm³/mol. The van der Waals surface area contributed by atoms with Gasteiger partial charge in [-0.25, -0.2) is 0 Å². The Balaban J connectivity index is 2.12. The number of likely N-dealkylation sites (N-methyl/N-ethyl adjacent to an activating group) is 1. The van der Waals surface area contributed by atoms with Gasteiger partial charge in [-0.3, -0.25) is 4.79 Å². The second kappa shape index (κ2) is 8.34. The molecular weight excluding hydrogens is 288 g/mol. The molecule has 2 N–H and O–H groups in total. The smallest absolute Gasteiger partial charge is 0.253 e. The Morgan fingerprint density at radius 2 is 1.78 bits per heavy atom. The van der Waals surface area contributed by atoms with Crippen molar-refractivity contribution < 1.29 is 9.53 Å². The number of hydrogen-bond donors (Lipinski definition) is 1. The number of amides is 1. The molecule has 0 spiro atoms. The lowest BCUT2D eigenvalue weighted by molar-refractivity contribution is 0.0725. The predicted octanol–water partition coefficient (Wildman–Crippen LogP) is 2.73. The van der Waals surface area contributed by atoms with Gasteiger partial charge in [0.2, 0.25) is 0 Å². The van der Waals surface area contributed by atoms with Crippen LogP contribution in [0.3, 0.4) is 0 Å². The highest BCUT2D eigenvalue weighted by molar-refractivity contribution is 5.94. The van der Waals surface area contributed by atoms with E-state index in [1.165, 1.54) is 5.56 Å². The van der Waals surface area contributed by atoms with Crippen molar-refractivity contribution in [2.24, 2.45) is 5.73 Å². The van der Waals surface area contributed by atoms with Gasteiger partial charge in [0.05, 0.1) is 7.11 Å². The molecular formula is C19H24N2O2. The maximum Gasteiger partial charge on any atom is 0.253 e. The van der Waals surface area contributed by atoms with E-state index >= 15 is 0 Å². The van der Waals surface area contributed by atoms with Crippen LogP contribution in [-0.2, 0) is 6.42 Å². The average Bonchev–Trinajstić information content (AvgIpc) is 2.61. The van der Waals surface area contributed by atoms with Gasteiger partial charge in [0, 0.05) is 18.7 Å². The SMILES string of the molecule is COc1ccc(C(=O)N(C)[C@H](CCN)Cc2ccccc2)cc1. The standard InChI is InChI=1S/C19H24N2O2/c1-21(19(22)16-8-10-18(23-2)11-9-16)17(12-13-20)14-15-6-4-3-5-7-15/h3-11,17H,12-14,20H2,1-2H3/t17-/m1/s1. The lowest BCUT2D eigenvalue weighted by Gasteiger charge is -2.28. The van der Waals surface area contributed by atoms with Crippen molar-refractivity contribution in [2.45, 2.75) is 18.9 Å². The Morgan fingerprint density at radius 3 is 2.35 bits per heavy atom. The lowest BCUT2D eigenvalue weighted by Crippen LogP contribution is -2.39. The highest BCUT2D eigenvalue weighted by Crippen LogP contribution is 2.16. The Labute approximate surface area is 137 Å². The van der Waals surface area contributed by atoms with Crippen LogP contribution in [0, 0.1) is 0 Å². The summed E-state index contributed by atoms with van der Waals surface area (Å²) in [5, 5.41) is 0. The zero-order chi connectivity index (χ0) is 16.7. The van der Waals surface area contributed by atoms with E-state index in [0.29, 0.717) is 12.1 Å². The molecule has 1 atom stereocenters. The van der Waals surface area contributed by atoms with Crippen molar-refractivity contribution in [3.05, 3.63) is 65.7 Å². The molecule has 0 radical (unpaired) electrons. The van der Waals surface area contributed by atoms with Gasteiger partial charge in [-0.1, -0.05) is 30.3 Å². The van der Waals surface area contributed by atoms with Crippen molar-refractivity contribution in [3.8, 4) is 5.75 Å². The molecule has 0 saturated heterocycles. The number of nitrogens with zero attached hydrogens (tertiary/aromatic N) is 1. The minimum atomic E-state index is 0.00188. The molecule has 0 fully saturated rings. The molecule has 0 bridgehead atoms. The molecule has 0 unspecified atom stereocenters. The third-order valence-corrected chi connectivity index (χ3v) is 4.02. The highest BCUT2D eigenvalue weighted by Gasteiger charge is 2.21. The van der Waals surface area contributed by atoms with Crippen LogP contribution in [0.4, 0.5) is 0 Å². The summed E-state index contributed by atoms with van der Waals surface area (Å²) in [7, 11) is 3.45. The summed E-state index contributed by atoms with van der Waals surface area (Å²) in [6.07, 6.45) is 1.57. The fourth-order valence-electron chi connectivity index (χ4n) is 2.61. The Kier molecular flexibility index (Phi) is 6.18. The number of carbonyl (C=O) groups excluding carboxylic acids is 1. The number of methoxy groups -OCH3 is 1. The van der Waals surface area contributed by atoms with Gasteiger partial charge in [0.1, 0.15) is 5.75 Å². The summed E-state index contributed by atoms with van der Waals surface area (Å²) in [5.41, 5.74) is 7.61. The molecule has 0 aromatic heterocycles. The second-order valence-corrected chi connectivity index (χ2v) is 5.57. The molecule has 0 aliphatic heterocycles. The maximum atomic E-state index is 12.7. The Bertz CT molecular complexity index is 611. The highest BCUT2D eigenvalue weighted by atomic mass is 16.5. The molecule has 122 valence electrons. The Hall–Kier alpha value is -2.33. The number of rotatable bonds is 7. The Morgan fingerprint density at radius 1 is 1.13 bits per heavy atom. The maximum absolute atomic E-state index is 12.7. The second-order valence-electron chi connectivity index (χ2n) is 5.57. The molecule has 23 heavy (non-hydrogen) atoms. The van der Waals surface area contributed by atoms with E-state index < -0.39 is 0 Å². The third-order valence-electron chi connectivity index (χ3n) is 4.02. The van der Waals surface area contributed by atoms with E-state index in [-0.39, 0.29) is 11.9 Å². The largest absolute Gasteiger partial charge is 0.497 e. The molecule has 0 aliphatic rings.